The summed E-state index contributed by atoms with van der Waals surface area (Å²) in [7, 11) is 0. The van der Waals surface area contributed by atoms with E-state index in [2.05, 4.69) is 36.7 Å². The van der Waals surface area contributed by atoms with Crippen LogP contribution in [0.15, 0.2) is 0 Å². The van der Waals surface area contributed by atoms with Crippen molar-refractivity contribution >= 4 is 15.9 Å². The van der Waals surface area contributed by atoms with Crippen molar-refractivity contribution in [1.82, 2.24) is 0 Å². The molecule has 0 aromatic heterocycles. The third kappa shape index (κ3) is 5.67. The summed E-state index contributed by atoms with van der Waals surface area (Å²) in [5.74, 6) is 0.830. The van der Waals surface area contributed by atoms with Gasteiger partial charge in [-0.1, -0.05) is 43.1 Å². The summed E-state index contributed by atoms with van der Waals surface area (Å²) in [5, 5.41) is 1.13. The highest BCUT2D eigenvalue weighted by Crippen LogP contribution is 2.39. The van der Waals surface area contributed by atoms with Gasteiger partial charge in [0.05, 0.1) is 6.10 Å². The van der Waals surface area contributed by atoms with Gasteiger partial charge >= 0.3 is 0 Å². The van der Waals surface area contributed by atoms with Gasteiger partial charge in [0.15, 0.2) is 0 Å². The Kier molecular flexibility index (Phi) is 6.35. The van der Waals surface area contributed by atoms with E-state index in [1.165, 1.54) is 38.5 Å². The molecule has 2 atom stereocenters. The SMILES string of the molecule is CC1CC(OCCCCCBr)CC(C)(C)C1. The van der Waals surface area contributed by atoms with E-state index in [0.29, 0.717) is 11.5 Å². The lowest BCUT2D eigenvalue weighted by atomic mass is 9.71. The zero-order chi connectivity index (χ0) is 12.0. The Morgan fingerprint density at radius 3 is 2.56 bits per heavy atom. The van der Waals surface area contributed by atoms with Crippen LogP contribution in [0.1, 0.15) is 59.3 Å². The van der Waals surface area contributed by atoms with Crippen LogP contribution < -0.4 is 0 Å². The predicted octanol–water partition coefficient (Wildman–Crippen LogP) is 4.78. The van der Waals surface area contributed by atoms with E-state index in [1.54, 1.807) is 0 Å². The lowest BCUT2D eigenvalue weighted by molar-refractivity contribution is -0.0239. The molecular formula is C14H27BrO. The average molecular weight is 291 g/mol. The Morgan fingerprint density at radius 2 is 1.94 bits per heavy atom. The van der Waals surface area contributed by atoms with Crippen molar-refractivity contribution in [1.29, 1.82) is 0 Å². The van der Waals surface area contributed by atoms with Gasteiger partial charge in [-0.3, -0.25) is 0 Å². The maximum atomic E-state index is 6.02. The van der Waals surface area contributed by atoms with Crippen LogP contribution in [-0.4, -0.2) is 18.0 Å². The zero-order valence-electron chi connectivity index (χ0n) is 11.1. The number of halogens is 1. The van der Waals surface area contributed by atoms with Crippen molar-refractivity contribution in [2.75, 3.05) is 11.9 Å². The minimum atomic E-state index is 0.484. The van der Waals surface area contributed by atoms with Crippen molar-refractivity contribution in [3.05, 3.63) is 0 Å². The van der Waals surface area contributed by atoms with Crippen molar-refractivity contribution in [2.45, 2.75) is 65.4 Å². The number of unbranched alkanes of at least 4 members (excludes halogenated alkanes) is 2. The van der Waals surface area contributed by atoms with Gasteiger partial charge in [0.2, 0.25) is 0 Å². The molecule has 0 spiro atoms. The maximum absolute atomic E-state index is 6.02. The standard InChI is InChI=1S/C14H27BrO/c1-12-9-13(11-14(2,3)10-12)16-8-6-4-5-7-15/h12-13H,4-11H2,1-3H3. The number of hydrogen-bond donors (Lipinski definition) is 0. The molecule has 0 N–H and O–H groups in total. The molecule has 0 radical (unpaired) electrons. The average Bonchev–Trinajstić information content (AvgIpc) is 2.14. The predicted molar refractivity (Wildman–Crippen MR) is 74.2 cm³/mol. The highest BCUT2D eigenvalue weighted by atomic mass is 79.9. The summed E-state index contributed by atoms with van der Waals surface area (Å²) in [6, 6.07) is 0. The molecule has 16 heavy (non-hydrogen) atoms. The summed E-state index contributed by atoms with van der Waals surface area (Å²) < 4.78 is 6.02. The molecule has 0 heterocycles. The molecule has 0 aliphatic heterocycles. The first-order chi connectivity index (χ1) is 7.53. The highest BCUT2D eigenvalue weighted by molar-refractivity contribution is 9.09. The van der Waals surface area contributed by atoms with Crippen LogP contribution >= 0.6 is 15.9 Å². The quantitative estimate of drug-likeness (QED) is 0.505. The van der Waals surface area contributed by atoms with Crippen LogP contribution in [0.2, 0.25) is 0 Å². The Morgan fingerprint density at radius 1 is 1.19 bits per heavy atom. The van der Waals surface area contributed by atoms with Crippen LogP contribution in [0.3, 0.4) is 0 Å². The second-order valence-corrected chi connectivity index (χ2v) is 6.95. The van der Waals surface area contributed by atoms with Gasteiger partial charge in [-0.25, -0.2) is 0 Å². The maximum Gasteiger partial charge on any atom is 0.0582 e. The Hall–Kier alpha value is 0.440. The molecule has 2 unspecified atom stereocenters. The minimum absolute atomic E-state index is 0.484. The first kappa shape index (κ1) is 14.5. The fraction of sp³-hybridized carbons (Fsp3) is 1.00. The van der Waals surface area contributed by atoms with E-state index in [9.17, 15) is 0 Å². The van der Waals surface area contributed by atoms with Crippen LogP contribution in [0.5, 0.6) is 0 Å². The molecule has 0 aromatic carbocycles. The first-order valence-electron chi connectivity index (χ1n) is 6.71. The molecule has 0 bridgehead atoms. The van der Waals surface area contributed by atoms with Gasteiger partial charge in [-0.15, -0.1) is 0 Å². The van der Waals surface area contributed by atoms with E-state index < -0.39 is 0 Å². The third-order valence-electron chi connectivity index (χ3n) is 3.48. The van der Waals surface area contributed by atoms with Gasteiger partial charge in [-0.05, 0) is 43.4 Å². The van der Waals surface area contributed by atoms with E-state index in [-0.39, 0.29) is 0 Å². The van der Waals surface area contributed by atoms with Gasteiger partial charge in [-0.2, -0.15) is 0 Å². The van der Waals surface area contributed by atoms with Crippen molar-refractivity contribution < 1.29 is 4.74 Å². The van der Waals surface area contributed by atoms with Crippen molar-refractivity contribution in [3.63, 3.8) is 0 Å². The van der Waals surface area contributed by atoms with Crippen molar-refractivity contribution in [2.24, 2.45) is 11.3 Å². The molecule has 1 aliphatic carbocycles. The molecule has 1 saturated carbocycles. The van der Waals surface area contributed by atoms with Gasteiger partial charge in [0, 0.05) is 11.9 Å². The molecule has 1 nitrogen and oxygen atoms in total. The molecule has 2 heteroatoms. The first-order valence-corrected chi connectivity index (χ1v) is 7.83. The Balaban J connectivity index is 2.16. The smallest absolute Gasteiger partial charge is 0.0582 e. The normalized spacial score (nSPS) is 29.2. The van der Waals surface area contributed by atoms with E-state index in [4.69, 9.17) is 4.74 Å². The number of hydrogen-bond acceptors (Lipinski definition) is 1. The molecule has 0 saturated heterocycles. The monoisotopic (exact) mass is 290 g/mol. The molecule has 0 amide bonds. The summed E-state index contributed by atoms with van der Waals surface area (Å²) in [5.41, 5.74) is 0.484. The van der Waals surface area contributed by atoms with Crippen LogP contribution in [-0.2, 0) is 4.74 Å². The zero-order valence-corrected chi connectivity index (χ0v) is 12.7. The number of ether oxygens (including phenoxy) is 1. The Bertz CT molecular complexity index is 191. The van der Waals surface area contributed by atoms with E-state index in [0.717, 1.165) is 17.9 Å². The third-order valence-corrected chi connectivity index (χ3v) is 4.04. The highest BCUT2D eigenvalue weighted by Gasteiger charge is 2.32. The summed E-state index contributed by atoms with van der Waals surface area (Å²) in [4.78, 5) is 0. The second kappa shape index (κ2) is 7.00. The lowest BCUT2D eigenvalue weighted by Crippen LogP contribution is -2.32. The fourth-order valence-corrected chi connectivity index (χ4v) is 3.41. The molecule has 1 fully saturated rings. The van der Waals surface area contributed by atoms with Crippen LogP contribution in [0, 0.1) is 11.3 Å². The minimum Gasteiger partial charge on any atom is -0.378 e. The van der Waals surface area contributed by atoms with E-state index in [1.807, 2.05) is 0 Å². The van der Waals surface area contributed by atoms with Gasteiger partial charge in [0.1, 0.15) is 0 Å². The second-order valence-electron chi connectivity index (χ2n) is 6.16. The molecular weight excluding hydrogens is 264 g/mol. The van der Waals surface area contributed by atoms with Gasteiger partial charge < -0.3 is 4.74 Å². The lowest BCUT2D eigenvalue weighted by Gasteiger charge is -2.38. The number of rotatable bonds is 6. The van der Waals surface area contributed by atoms with Crippen LogP contribution in [0.4, 0.5) is 0 Å². The summed E-state index contributed by atoms with van der Waals surface area (Å²) >= 11 is 3.46. The molecule has 1 rings (SSSR count). The van der Waals surface area contributed by atoms with E-state index >= 15 is 0 Å². The number of alkyl halides is 1. The van der Waals surface area contributed by atoms with Crippen LogP contribution in [0.25, 0.3) is 0 Å². The topological polar surface area (TPSA) is 9.23 Å². The molecule has 0 aromatic rings. The summed E-state index contributed by atoms with van der Waals surface area (Å²) in [6.45, 7) is 8.08. The molecule has 96 valence electrons. The fourth-order valence-electron chi connectivity index (χ4n) is 3.01. The summed E-state index contributed by atoms with van der Waals surface area (Å²) in [6.07, 6.45) is 8.17. The largest absolute Gasteiger partial charge is 0.378 e. The Labute approximate surface area is 109 Å². The van der Waals surface area contributed by atoms with Crippen molar-refractivity contribution in [3.8, 4) is 0 Å². The van der Waals surface area contributed by atoms with Gasteiger partial charge in [0.25, 0.3) is 0 Å². The molecule has 1 aliphatic rings.